The summed E-state index contributed by atoms with van der Waals surface area (Å²) < 4.78 is 0. The van der Waals surface area contributed by atoms with Crippen LogP contribution in [0.15, 0.2) is 30.9 Å². The molecule has 0 aliphatic rings. The van der Waals surface area contributed by atoms with Gasteiger partial charge >= 0.3 is 0 Å². The van der Waals surface area contributed by atoms with Crippen LogP contribution in [-0.2, 0) is 0 Å². The number of hydrogen-bond donors (Lipinski definition) is 2. The van der Waals surface area contributed by atoms with Crippen LogP contribution in [0.4, 0.5) is 5.82 Å². The van der Waals surface area contributed by atoms with E-state index in [9.17, 15) is 0 Å². The van der Waals surface area contributed by atoms with Crippen molar-refractivity contribution in [2.24, 2.45) is 0 Å². The summed E-state index contributed by atoms with van der Waals surface area (Å²) in [6.07, 6.45) is 7.88. The van der Waals surface area contributed by atoms with E-state index in [1.165, 1.54) is 0 Å². The molecule has 0 spiro atoms. The topological polar surface area (TPSA) is 76.7 Å². The lowest BCUT2D eigenvalue weighted by Crippen LogP contribution is -2.26. The van der Waals surface area contributed by atoms with Crippen LogP contribution in [0.5, 0.6) is 0 Å². The number of rotatable bonds is 5. The van der Waals surface area contributed by atoms with Gasteiger partial charge in [0.25, 0.3) is 0 Å². The summed E-state index contributed by atoms with van der Waals surface area (Å²) in [5.41, 5.74) is 8.98. The SMILES string of the molecule is CCCNC(c1cnccn1)c1c(C)ccnc1N. The average Bonchev–Trinajstić information content (AvgIpc) is 2.43. The van der Waals surface area contributed by atoms with E-state index in [2.05, 4.69) is 27.2 Å². The Balaban J connectivity index is 2.43. The maximum absolute atomic E-state index is 6.03. The zero-order valence-electron chi connectivity index (χ0n) is 11.3. The summed E-state index contributed by atoms with van der Waals surface area (Å²) >= 11 is 0. The zero-order chi connectivity index (χ0) is 13.7. The predicted molar refractivity (Wildman–Crippen MR) is 75.6 cm³/mol. The van der Waals surface area contributed by atoms with Crippen molar-refractivity contribution in [3.05, 3.63) is 47.7 Å². The van der Waals surface area contributed by atoms with Crippen molar-refractivity contribution in [1.82, 2.24) is 20.3 Å². The second kappa shape index (κ2) is 6.24. The van der Waals surface area contributed by atoms with Gasteiger partial charge in [-0.05, 0) is 31.5 Å². The van der Waals surface area contributed by atoms with Crippen molar-refractivity contribution in [2.45, 2.75) is 26.3 Å². The minimum absolute atomic E-state index is 0.0673. The van der Waals surface area contributed by atoms with E-state index in [1.807, 2.05) is 13.0 Å². The first-order valence-electron chi connectivity index (χ1n) is 6.44. The van der Waals surface area contributed by atoms with Crippen molar-refractivity contribution >= 4 is 5.82 Å². The van der Waals surface area contributed by atoms with Gasteiger partial charge in [-0.25, -0.2) is 4.98 Å². The predicted octanol–water partition coefficient (Wildman–Crippen LogP) is 1.85. The normalized spacial score (nSPS) is 12.3. The Kier molecular flexibility index (Phi) is 4.41. The zero-order valence-corrected chi connectivity index (χ0v) is 11.3. The fraction of sp³-hybridized carbons (Fsp3) is 0.357. The average molecular weight is 257 g/mol. The lowest BCUT2D eigenvalue weighted by molar-refractivity contribution is 0.582. The van der Waals surface area contributed by atoms with E-state index in [1.54, 1.807) is 24.8 Å². The first-order valence-corrected chi connectivity index (χ1v) is 6.44. The summed E-state index contributed by atoms with van der Waals surface area (Å²) in [4.78, 5) is 12.7. The lowest BCUT2D eigenvalue weighted by Gasteiger charge is -2.21. The van der Waals surface area contributed by atoms with Gasteiger partial charge in [-0.15, -0.1) is 0 Å². The third kappa shape index (κ3) is 3.06. The Morgan fingerprint density at radius 2 is 2.11 bits per heavy atom. The minimum Gasteiger partial charge on any atom is -0.383 e. The van der Waals surface area contributed by atoms with Crippen LogP contribution in [0.1, 0.15) is 36.2 Å². The largest absolute Gasteiger partial charge is 0.383 e. The minimum atomic E-state index is -0.0673. The van der Waals surface area contributed by atoms with E-state index in [0.717, 1.165) is 29.8 Å². The van der Waals surface area contributed by atoms with Gasteiger partial charge in [0.1, 0.15) is 5.82 Å². The maximum Gasteiger partial charge on any atom is 0.128 e. The quantitative estimate of drug-likeness (QED) is 0.854. The van der Waals surface area contributed by atoms with Crippen LogP contribution in [0, 0.1) is 6.92 Å². The molecule has 1 unspecified atom stereocenters. The van der Waals surface area contributed by atoms with E-state index in [0.29, 0.717) is 5.82 Å². The van der Waals surface area contributed by atoms with Crippen LogP contribution in [0.25, 0.3) is 0 Å². The van der Waals surface area contributed by atoms with Crippen molar-refractivity contribution in [3.63, 3.8) is 0 Å². The van der Waals surface area contributed by atoms with Gasteiger partial charge in [-0.1, -0.05) is 6.92 Å². The molecule has 0 aliphatic heterocycles. The molecule has 2 rings (SSSR count). The maximum atomic E-state index is 6.03. The Morgan fingerprint density at radius 1 is 1.26 bits per heavy atom. The molecule has 3 N–H and O–H groups in total. The fourth-order valence-corrected chi connectivity index (χ4v) is 2.07. The summed E-state index contributed by atoms with van der Waals surface area (Å²) in [6, 6.07) is 1.89. The van der Waals surface area contributed by atoms with Gasteiger partial charge in [0, 0.05) is 24.2 Å². The molecule has 5 nitrogen and oxygen atoms in total. The highest BCUT2D eigenvalue weighted by atomic mass is 15.0. The molecule has 100 valence electrons. The highest BCUT2D eigenvalue weighted by Crippen LogP contribution is 2.26. The van der Waals surface area contributed by atoms with Crippen molar-refractivity contribution in [2.75, 3.05) is 12.3 Å². The molecule has 0 fully saturated rings. The van der Waals surface area contributed by atoms with Crippen LogP contribution in [0.2, 0.25) is 0 Å². The van der Waals surface area contributed by atoms with Gasteiger partial charge in [0.2, 0.25) is 0 Å². The molecule has 19 heavy (non-hydrogen) atoms. The molecule has 0 saturated carbocycles. The van der Waals surface area contributed by atoms with Crippen molar-refractivity contribution in [1.29, 1.82) is 0 Å². The van der Waals surface area contributed by atoms with Crippen LogP contribution in [-0.4, -0.2) is 21.5 Å². The van der Waals surface area contributed by atoms with E-state index >= 15 is 0 Å². The smallest absolute Gasteiger partial charge is 0.128 e. The standard InChI is InChI=1S/C14H19N5/c1-3-5-18-13(11-9-16-7-8-17-11)12-10(2)4-6-19-14(12)15/h4,6-9,13,18H,3,5H2,1-2H3,(H2,15,19). The fourth-order valence-electron chi connectivity index (χ4n) is 2.07. The second-order valence-electron chi connectivity index (χ2n) is 4.44. The number of hydrogen-bond acceptors (Lipinski definition) is 5. The van der Waals surface area contributed by atoms with Gasteiger partial charge in [-0.3, -0.25) is 9.97 Å². The highest BCUT2D eigenvalue weighted by molar-refractivity contribution is 5.48. The van der Waals surface area contributed by atoms with E-state index in [4.69, 9.17) is 5.73 Å². The van der Waals surface area contributed by atoms with Gasteiger partial charge in [-0.2, -0.15) is 0 Å². The highest BCUT2D eigenvalue weighted by Gasteiger charge is 2.20. The molecular formula is C14H19N5. The third-order valence-electron chi connectivity index (χ3n) is 3.00. The molecule has 0 aliphatic carbocycles. The van der Waals surface area contributed by atoms with Crippen LogP contribution >= 0.6 is 0 Å². The molecule has 2 heterocycles. The van der Waals surface area contributed by atoms with Gasteiger partial charge in [0.05, 0.1) is 17.9 Å². The molecular weight excluding hydrogens is 238 g/mol. The number of anilines is 1. The Labute approximate surface area is 113 Å². The monoisotopic (exact) mass is 257 g/mol. The summed E-state index contributed by atoms with van der Waals surface area (Å²) in [7, 11) is 0. The molecule has 1 atom stereocenters. The molecule has 0 amide bonds. The Hall–Kier alpha value is -2.01. The number of nitrogen functional groups attached to an aromatic ring is 1. The summed E-state index contributed by atoms with van der Waals surface area (Å²) in [5, 5.41) is 3.46. The third-order valence-corrected chi connectivity index (χ3v) is 3.00. The molecule has 0 radical (unpaired) electrons. The first-order chi connectivity index (χ1) is 9.24. The molecule has 2 aromatic heterocycles. The Morgan fingerprint density at radius 3 is 2.74 bits per heavy atom. The number of nitrogens with two attached hydrogens (primary N) is 1. The number of aromatic nitrogens is 3. The number of pyridine rings is 1. The molecule has 0 bridgehead atoms. The Bertz CT molecular complexity index is 506. The molecule has 0 aromatic carbocycles. The molecule has 5 heteroatoms. The van der Waals surface area contributed by atoms with Gasteiger partial charge in [0.15, 0.2) is 0 Å². The van der Waals surface area contributed by atoms with Gasteiger partial charge < -0.3 is 11.1 Å². The van der Waals surface area contributed by atoms with Crippen LogP contribution < -0.4 is 11.1 Å². The molecule has 0 saturated heterocycles. The first kappa shape index (κ1) is 13.4. The van der Waals surface area contributed by atoms with Crippen LogP contribution in [0.3, 0.4) is 0 Å². The van der Waals surface area contributed by atoms with E-state index < -0.39 is 0 Å². The second-order valence-corrected chi connectivity index (χ2v) is 4.44. The van der Waals surface area contributed by atoms with E-state index in [-0.39, 0.29) is 6.04 Å². The van der Waals surface area contributed by atoms with Crippen molar-refractivity contribution < 1.29 is 0 Å². The number of nitrogens with zero attached hydrogens (tertiary/aromatic N) is 3. The summed E-state index contributed by atoms with van der Waals surface area (Å²) in [5.74, 6) is 0.541. The molecule has 2 aromatic rings. The lowest BCUT2D eigenvalue weighted by atomic mass is 10.00. The number of nitrogens with one attached hydrogen (secondary N) is 1. The summed E-state index contributed by atoms with van der Waals surface area (Å²) in [6.45, 7) is 5.04. The van der Waals surface area contributed by atoms with Crippen molar-refractivity contribution in [3.8, 4) is 0 Å². The number of aryl methyl sites for hydroxylation is 1.